The lowest BCUT2D eigenvalue weighted by molar-refractivity contribution is -0.142. The number of ether oxygens (including phenoxy) is 1. The van der Waals surface area contributed by atoms with Crippen molar-refractivity contribution in [1.29, 1.82) is 0 Å². The van der Waals surface area contributed by atoms with Crippen molar-refractivity contribution < 1.29 is 14.3 Å². The standard InChI is InChI=1S/C21H24Br2N2O3/c1-4-15-8-9-19(18(23)11-15)28-13-20(26)25(14(2)21(27)24-3)12-16-6-5-7-17(22)10-16/h5-11,14H,4,12-13H2,1-3H3,(H,24,27). The van der Waals surface area contributed by atoms with E-state index in [1.54, 1.807) is 14.0 Å². The van der Waals surface area contributed by atoms with Gasteiger partial charge in [0.25, 0.3) is 5.91 Å². The van der Waals surface area contributed by atoms with Gasteiger partial charge in [0.15, 0.2) is 6.61 Å². The molecule has 1 atom stereocenters. The van der Waals surface area contributed by atoms with Crippen LogP contribution in [0.5, 0.6) is 5.75 Å². The molecule has 0 fully saturated rings. The van der Waals surface area contributed by atoms with Crippen LogP contribution in [0.25, 0.3) is 0 Å². The van der Waals surface area contributed by atoms with Crippen molar-refractivity contribution in [1.82, 2.24) is 10.2 Å². The molecule has 2 aromatic carbocycles. The number of aryl methyl sites for hydroxylation is 1. The minimum Gasteiger partial charge on any atom is -0.483 e. The van der Waals surface area contributed by atoms with Gasteiger partial charge < -0.3 is 15.0 Å². The Bertz CT molecular complexity index is 842. The van der Waals surface area contributed by atoms with Gasteiger partial charge in [-0.1, -0.05) is 41.1 Å². The molecule has 150 valence electrons. The highest BCUT2D eigenvalue weighted by Gasteiger charge is 2.26. The van der Waals surface area contributed by atoms with Gasteiger partial charge >= 0.3 is 0 Å². The molecule has 28 heavy (non-hydrogen) atoms. The summed E-state index contributed by atoms with van der Waals surface area (Å²) in [6.45, 7) is 3.94. The maximum atomic E-state index is 12.9. The smallest absolute Gasteiger partial charge is 0.261 e. The summed E-state index contributed by atoms with van der Waals surface area (Å²) in [5.41, 5.74) is 2.10. The maximum absolute atomic E-state index is 12.9. The van der Waals surface area contributed by atoms with Crippen LogP contribution in [0.2, 0.25) is 0 Å². The largest absolute Gasteiger partial charge is 0.483 e. The van der Waals surface area contributed by atoms with Crippen molar-refractivity contribution in [2.75, 3.05) is 13.7 Å². The Hall–Kier alpha value is -1.86. The van der Waals surface area contributed by atoms with Crippen LogP contribution < -0.4 is 10.1 Å². The minimum absolute atomic E-state index is 0.153. The lowest BCUT2D eigenvalue weighted by atomic mass is 10.1. The van der Waals surface area contributed by atoms with Crippen LogP contribution in [0.15, 0.2) is 51.4 Å². The number of halogens is 2. The molecule has 0 saturated heterocycles. The van der Waals surface area contributed by atoms with Crippen LogP contribution in [0, 0.1) is 0 Å². The number of carbonyl (C=O) groups excluding carboxylic acids is 2. The zero-order valence-corrected chi connectivity index (χ0v) is 19.3. The molecule has 2 aromatic rings. The fourth-order valence-corrected chi connectivity index (χ4v) is 3.71. The fourth-order valence-electron chi connectivity index (χ4n) is 2.73. The number of benzene rings is 2. The zero-order valence-electron chi connectivity index (χ0n) is 16.2. The number of nitrogens with one attached hydrogen (secondary N) is 1. The number of amides is 2. The summed E-state index contributed by atoms with van der Waals surface area (Å²) >= 11 is 6.92. The Morgan fingerprint density at radius 2 is 1.89 bits per heavy atom. The second-order valence-corrected chi connectivity index (χ2v) is 8.12. The zero-order chi connectivity index (χ0) is 20.7. The molecule has 0 heterocycles. The van der Waals surface area contributed by atoms with E-state index in [2.05, 4.69) is 44.1 Å². The molecule has 2 rings (SSSR count). The third-order valence-electron chi connectivity index (χ3n) is 4.41. The first kappa shape index (κ1) is 22.4. The second-order valence-electron chi connectivity index (χ2n) is 6.35. The average Bonchev–Trinajstić information content (AvgIpc) is 2.69. The van der Waals surface area contributed by atoms with Crippen molar-refractivity contribution >= 4 is 43.7 Å². The van der Waals surface area contributed by atoms with E-state index in [0.29, 0.717) is 12.3 Å². The van der Waals surface area contributed by atoms with Crippen LogP contribution in [0.3, 0.4) is 0 Å². The third-order valence-corrected chi connectivity index (χ3v) is 5.52. The fraction of sp³-hybridized carbons (Fsp3) is 0.333. The first-order valence-corrected chi connectivity index (χ1v) is 10.6. The van der Waals surface area contributed by atoms with Crippen LogP contribution >= 0.6 is 31.9 Å². The SMILES string of the molecule is CCc1ccc(OCC(=O)N(Cc2cccc(Br)c2)C(C)C(=O)NC)c(Br)c1. The van der Waals surface area contributed by atoms with Gasteiger partial charge in [0.05, 0.1) is 4.47 Å². The van der Waals surface area contributed by atoms with Gasteiger partial charge in [-0.2, -0.15) is 0 Å². The van der Waals surface area contributed by atoms with Gasteiger partial charge in [0, 0.05) is 18.1 Å². The Balaban J connectivity index is 2.15. The predicted molar refractivity (Wildman–Crippen MR) is 117 cm³/mol. The molecular formula is C21H24Br2N2O3. The van der Waals surface area contributed by atoms with E-state index in [1.165, 1.54) is 10.5 Å². The predicted octanol–water partition coefficient (Wildman–Crippen LogP) is 4.32. The number of likely N-dealkylation sites (N-methyl/N-ethyl adjacent to an activating group) is 1. The third kappa shape index (κ3) is 6.07. The summed E-state index contributed by atoms with van der Waals surface area (Å²) < 4.78 is 7.45. The topological polar surface area (TPSA) is 58.6 Å². The molecule has 1 unspecified atom stereocenters. The average molecular weight is 512 g/mol. The van der Waals surface area contributed by atoms with Gasteiger partial charge in [-0.3, -0.25) is 9.59 Å². The molecule has 0 aliphatic heterocycles. The molecule has 0 spiro atoms. The lowest BCUT2D eigenvalue weighted by Gasteiger charge is -2.28. The summed E-state index contributed by atoms with van der Waals surface area (Å²) in [7, 11) is 1.56. The van der Waals surface area contributed by atoms with Crippen molar-refractivity contribution in [2.24, 2.45) is 0 Å². The van der Waals surface area contributed by atoms with E-state index in [9.17, 15) is 9.59 Å². The molecular weight excluding hydrogens is 488 g/mol. The highest BCUT2D eigenvalue weighted by molar-refractivity contribution is 9.10. The normalized spacial score (nSPS) is 11.6. The van der Waals surface area contributed by atoms with E-state index in [4.69, 9.17) is 4.74 Å². The minimum atomic E-state index is -0.619. The lowest BCUT2D eigenvalue weighted by Crippen LogP contribution is -2.48. The summed E-state index contributed by atoms with van der Waals surface area (Å²) in [5, 5.41) is 2.60. The Morgan fingerprint density at radius 3 is 2.50 bits per heavy atom. The molecule has 0 radical (unpaired) electrons. The summed E-state index contributed by atoms with van der Waals surface area (Å²) in [6, 6.07) is 12.8. The molecule has 7 heteroatoms. The summed E-state index contributed by atoms with van der Waals surface area (Å²) in [6.07, 6.45) is 0.919. The number of hydrogen-bond acceptors (Lipinski definition) is 3. The van der Waals surface area contributed by atoms with E-state index in [-0.39, 0.29) is 18.4 Å². The van der Waals surface area contributed by atoms with E-state index < -0.39 is 6.04 Å². The summed E-state index contributed by atoms with van der Waals surface area (Å²) in [5.74, 6) is 0.111. The van der Waals surface area contributed by atoms with Gasteiger partial charge in [0.2, 0.25) is 5.91 Å². The molecule has 0 aliphatic carbocycles. The molecule has 0 aliphatic rings. The summed E-state index contributed by atoms with van der Waals surface area (Å²) in [4.78, 5) is 26.6. The molecule has 0 saturated carbocycles. The highest BCUT2D eigenvalue weighted by Crippen LogP contribution is 2.26. The van der Waals surface area contributed by atoms with E-state index >= 15 is 0 Å². The van der Waals surface area contributed by atoms with Gasteiger partial charge in [-0.25, -0.2) is 0 Å². The maximum Gasteiger partial charge on any atom is 0.261 e. The van der Waals surface area contributed by atoms with Gasteiger partial charge in [-0.05, 0) is 64.7 Å². The highest BCUT2D eigenvalue weighted by atomic mass is 79.9. The Morgan fingerprint density at radius 1 is 1.14 bits per heavy atom. The van der Waals surface area contributed by atoms with Crippen molar-refractivity contribution in [3.05, 3.63) is 62.5 Å². The van der Waals surface area contributed by atoms with Crippen LogP contribution in [-0.4, -0.2) is 36.4 Å². The van der Waals surface area contributed by atoms with Crippen LogP contribution in [-0.2, 0) is 22.6 Å². The van der Waals surface area contributed by atoms with Crippen LogP contribution in [0.1, 0.15) is 25.0 Å². The number of carbonyl (C=O) groups is 2. The van der Waals surface area contributed by atoms with Crippen molar-refractivity contribution in [2.45, 2.75) is 32.9 Å². The van der Waals surface area contributed by atoms with Crippen molar-refractivity contribution in [3.63, 3.8) is 0 Å². The monoisotopic (exact) mass is 510 g/mol. The Labute approximate surface area is 182 Å². The van der Waals surface area contributed by atoms with Crippen LogP contribution in [0.4, 0.5) is 0 Å². The first-order chi connectivity index (χ1) is 13.3. The van der Waals surface area contributed by atoms with Gasteiger partial charge in [0.1, 0.15) is 11.8 Å². The van der Waals surface area contributed by atoms with E-state index in [1.807, 2.05) is 42.5 Å². The second kappa shape index (κ2) is 10.6. The first-order valence-electron chi connectivity index (χ1n) is 9.02. The van der Waals surface area contributed by atoms with Crippen molar-refractivity contribution in [3.8, 4) is 5.75 Å². The molecule has 0 bridgehead atoms. The number of nitrogens with zero attached hydrogens (tertiary/aromatic N) is 1. The van der Waals surface area contributed by atoms with E-state index in [0.717, 1.165) is 20.9 Å². The molecule has 1 N–H and O–H groups in total. The number of rotatable bonds is 8. The molecule has 2 amide bonds. The number of hydrogen-bond donors (Lipinski definition) is 1. The molecule has 0 aromatic heterocycles. The quantitative estimate of drug-likeness (QED) is 0.574. The Kier molecular flexibility index (Phi) is 8.51. The molecule has 5 nitrogen and oxygen atoms in total. The van der Waals surface area contributed by atoms with Gasteiger partial charge in [-0.15, -0.1) is 0 Å².